The van der Waals surface area contributed by atoms with E-state index in [1.54, 1.807) is 16.8 Å². The highest BCUT2D eigenvalue weighted by molar-refractivity contribution is 7.19. The molecule has 0 spiro atoms. The summed E-state index contributed by atoms with van der Waals surface area (Å²) in [5, 5.41) is 13.8. The fourth-order valence-corrected chi connectivity index (χ4v) is 3.10. The van der Waals surface area contributed by atoms with Gasteiger partial charge in [-0.1, -0.05) is 11.3 Å². The fraction of sp³-hybridized carbons (Fsp3) is 0.333. The molecule has 0 radical (unpaired) electrons. The summed E-state index contributed by atoms with van der Waals surface area (Å²) in [6.45, 7) is 0.776. The van der Waals surface area contributed by atoms with Crippen molar-refractivity contribution in [1.82, 2.24) is 24.8 Å². The number of nitrogen functional groups attached to an aromatic ring is 1. The highest BCUT2D eigenvalue weighted by atomic mass is 32.1. The Kier molecular flexibility index (Phi) is 2.64. The summed E-state index contributed by atoms with van der Waals surface area (Å²) in [6, 6.07) is 3.67. The SMILES string of the molecule is Nc1ccc(-c2nn3c(C4CCCO4)nnc3s2)cn1. The summed E-state index contributed by atoms with van der Waals surface area (Å²) in [5.41, 5.74) is 6.52. The van der Waals surface area contributed by atoms with E-state index in [0.717, 1.165) is 40.8 Å². The molecule has 2 N–H and O–H groups in total. The zero-order chi connectivity index (χ0) is 13.5. The van der Waals surface area contributed by atoms with Crippen molar-refractivity contribution in [2.45, 2.75) is 18.9 Å². The lowest BCUT2D eigenvalue weighted by Crippen LogP contribution is -2.03. The van der Waals surface area contributed by atoms with Gasteiger partial charge in [0.1, 0.15) is 16.9 Å². The molecule has 0 saturated carbocycles. The van der Waals surface area contributed by atoms with Gasteiger partial charge in [-0.05, 0) is 25.0 Å². The molecule has 20 heavy (non-hydrogen) atoms. The number of hydrogen-bond donors (Lipinski definition) is 1. The maximum Gasteiger partial charge on any atom is 0.235 e. The minimum absolute atomic E-state index is 0.00416. The molecule has 1 atom stereocenters. The van der Waals surface area contributed by atoms with E-state index in [1.165, 1.54) is 11.3 Å². The highest BCUT2D eigenvalue weighted by Gasteiger charge is 2.25. The van der Waals surface area contributed by atoms with Gasteiger partial charge >= 0.3 is 0 Å². The van der Waals surface area contributed by atoms with Gasteiger partial charge < -0.3 is 10.5 Å². The first-order valence-electron chi connectivity index (χ1n) is 6.37. The van der Waals surface area contributed by atoms with Gasteiger partial charge in [-0.3, -0.25) is 0 Å². The van der Waals surface area contributed by atoms with E-state index in [4.69, 9.17) is 10.5 Å². The fourth-order valence-electron chi connectivity index (χ4n) is 2.26. The van der Waals surface area contributed by atoms with Crippen LogP contribution in [0.4, 0.5) is 5.82 Å². The average molecular weight is 288 g/mol. The van der Waals surface area contributed by atoms with Crippen molar-refractivity contribution in [2.75, 3.05) is 12.3 Å². The van der Waals surface area contributed by atoms with Gasteiger partial charge in [-0.25, -0.2) is 4.98 Å². The summed E-state index contributed by atoms with van der Waals surface area (Å²) in [7, 11) is 0. The Morgan fingerprint density at radius 3 is 3.05 bits per heavy atom. The predicted octanol–water partition coefficient (Wildman–Crippen LogP) is 1.68. The third kappa shape index (κ3) is 1.84. The van der Waals surface area contributed by atoms with Crippen LogP contribution in [-0.2, 0) is 4.74 Å². The zero-order valence-corrected chi connectivity index (χ0v) is 11.4. The van der Waals surface area contributed by atoms with E-state index < -0.39 is 0 Å². The Labute approximate surface area is 118 Å². The van der Waals surface area contributed by atoms with Crippen LogP contribution in [-0.4, -0.2) is 31.4 Å². The predicted molar refractivity (Wildman–Crippen MR) is 74.2 cm³/mol. The molecule has 7 nitrogen and oxygen atoms in total. The first kappa shape index (κ1) is 11.7. The van der Waals surface area contributed by atoms with Crippen molar-refractivity contribution in [3.8, 4) is 10.6 Å². The smallest absolute Gasteiger partial charge is 0.235 e. The number of hydrogen-bond acceptors (Lipinski definition) is 7. The monoisotopic (exact) mass is 288 g/mol. The third-order valence-corrected chi connectivity index (χ3v) is 4.21. The van der Waals surface area contributed by atoms with Crippen LogP contribution < -0.4 is 5.73 Å². The van der Waals surface area contributed by atoms with Gasteiger partial charge in [0.25, 0.3) is 0 Å². The Morgan fingerprint density at radius 2 is 2.30 bits per heavy atom. The molecular weight excluding hydrogens is 276 g/mol. The lowest BCUT2D eigenvalue weighted by atomic mass is 10.2. The van der Waals surface area contributed by atoms with E-state index >= 15 is 0 Å². The van der Waals surface area contributed by atoms with Gasteiger partial charge in [-0.15, -0.1) is 10.2 Å². The molecule has 1 aliphatic rings. The molecular formula is C12H12N6OS. The number of rotatable bonds is 2. The lowest BCUT2D eigenvalue weighted by molar-refractivity contribution is 0.103. The van der Waals surface area contributed by atoms with Gasteiger partial charge in [0.05, 0.1) is 0 Å². The van der Waals surface area contributed by atoms with Crippen molar-refractivity contribution in [3.05, 3.63) is 24.2 Å². The van der Waals surface area contributed by atoms with Gasteiger partial charge in [0.2, 0.25) is 4.96 Å². The number of pyridine rings is 1. The molecule has 4 heterocycles. The molecule has 0 aromatic carbocycles. The van der Waals surface area contributed by atoms with Crippen LogP contribution in [0.1, 0.15) is 24.8 Å². The molecule has 3 aromatic rings. The summed E-state index contributed by atoms with van der Waals surface area (Å²) in [6.07, 6.45) is 3.74. The number of fused-ring (bicyclic) bond motifs is 1. The standard InChI is InChI=1S/C12H12N6OS/c13-9-4-3-7(6-14-9)11-17-18-10(8-2-1-5-19-8)15-16-12(18)20-11/h3-4,6,8H,1-2,5H2,(H2,13,14). The lowest BCUT2D eigenvalue weighted by Gasteiger charge is -2.04. The molecule has 0 aliphatic carbocycles. The molecule has 1 aliphatic heterocycles. The highest BCUT2D eigenvalue weighted by Crippen LogP contribution is 2.30. The molecule has 0 amide bonds. The first-order chi connectivity index (χ1) is 9.81. The van der Waals surface area contributed by atoms with Crippen LogP contribution in [0.5, 0.6) is 0 Å². The second kappa shape index (κ2) is 4.50. The first-order valence-corrected chi connectivity index (χ1v) is 7.18. The van der Waals surface area contributed by atoms with E-state index in [1.807, 2.05) is 6.07 Å². The van der Waals surface area contributed by atoms with Crippen LogP contribution in [0, 0.1) is 0 Å². The Hall–Kier alpha value is -2.06. The van der Waals surface area contributed by atoms with Crippen LogP contribution >= 0.6 is 11.3 Å². The third-order valence-electron chi connectivity index (χ3n) is 3.27. The van der Waals surface area contributed by atoms with Crippen LogP contribution in [0.2, 0.25) is 0 Å². The number of ether oxygens (including phenoxy) is 1. The second-order valence-electron chi connectivity index (χ2n) is 4.63. The van der Waals surface area contributed by atoms with E-state index in [0.29, 0.717) is 5.82 Å². The number of anilines is 1. The van der Waals surface area contributed by atoms with Crippen molar-refractivity contribution < 1.29 is 4.74 Å². The van der Waals surface area contributed by atoms with Crippen LogP contribution in [0.15, 0.2) is 18.3 Å². The number of nitrogens with zero attached hydrogens (tertiary/aromatic N) is 5. The van der Waals surface area contributed by atoms with Crippen molar-refractivity contribution in [1.29, 1.82) is 0 Å². The van der Waals surface area contributed by atoms with Gasteiger partial charge in [0.15, 0.2) is 5.82 Å². The van der Waals surface area contributed by atoms with Crippen LogP contribution in [0.3, 0.4) is 0 Å². The summed E-state index contributed by atoms with van der Waals surface area (Å²) in [5.74, 6) is 1.28. The van der Waals surface area contributed by atoms with Crippen molar-refractivity contribution in [2.24, 2.45) is 0 Å². The van der Waals surface area contributed by atoms with Gasteiger partial charge in [-0.2, -0.15) is 9.61 Å². The maximum atomic E-state index is 5.65. The Bertz CT molecular complexity index is 743. The zero-order valence-electron chi connectivity index (χ0n) is 10.6. The van der Waals surface area contributed by atoms with Gasteiger partial charge in [0, 0.05) is 18.4 Å². The minimum atomic E-state index is 0.00416. The summed E-state index contributed by atoms with van der Waals surface area (Å²) < 4.78 is 7.42. The molecule has 1 saturated heterocycles. The van der Waals surface area contributed by atoms with Crippen molar-refractivity contribution >= 4 is 22.1 Å². The molecule has 4 rings (SSSR count). The molecule has 3 aromatic heterocycles. The summed E-state index contributed by atoms with van der Waals surface area (Å²) in [4.78, 5) is 4.85. The quantitative estimate of drug-likeness (QED) is 0.771. The van der Waals surface area contributed by atoms with Crippen LogP contribution in [0.25, 0.3) is 15.5 Å². The normalized spacial score (nSPS) is 18.9. The molecule has 102 valence electrons. The summed E-state index contributed by atoms with van der Waals surface area (Å²) >= 11 is 1.48. The number of aromatic nitrogens is 5. The topological polar surface area (TPSA) is 91.2 Å². The maximum absolute atomic E-state index is 5.65. The van der Waals surface area contributed by atoms with E-state index in [-0.39, 0.29) is 6.10 Å². The largest absolute Gasteiger partial charge is 0.384 e. The van der Waals surface area contributed by atoms with E-state index in [2.05, 4.69) is 20.3 Å². The molecule has 1 unspecified atom stereocenters. The number of nitrogens with two attached hydrogens (primary N) is 1. The molecule has 0 bridgehead atoms. The average Bonchev–Trinajstić information content (AvgIpc) is 3.15. The Morgan fingerprint density at radius 1 is 1.35 bits per heavy atom. The van der Waals surface area contributed by atoms with Crippen molar-refractivity contribution in [3.63, 3.8) is 0 Å². The molecule has 1 fully saturated rings. The minimum Gasteiger partial charge on any atom is -0.384 e. The second-order valence-corrected chi connectivity index (χ2v) is 5.59. The molecule has 8 heteroatoms. The van der Waals surface area contributed by atoms with E-state index in [9.17, 15) is 0 Å². The Balaban J connectivity index is 1.77.